The van der Waals surface area contributed by atoms with E-state index < -0.39 is 46.7 Å². The number of benzene rings is 1. The molecule has 0 aromatic heterocycles. The first kappa shape index (κ1) is 17.0. The lowest BCUT2D eigenvalue weighted by molar-refractivity contribution is -0.388. The van der Waals surface area contributed by atoms with Crippen molar-refractivity contribution in [1.82, 2.24) is 5.32 Å². The molecule has 2 amide bonds. The van der Waals surface area contributed by atoms with Crippen LogP contribution in [0.25, 0.3) is 0 Å². The first-order valence-electron chi connectivity index (χ1n) is 6.35. The molecule has 2 rings (SSSR count). The molecule has 1 aromatic rings. The summed E-state index contributed by atoms with van der Waals surface area (Å²) in [4.78, 5) is 22.3. The number of nitrogens with two attached hydrogens (primary N) is 1. The Hall–Kier alpha value is -2.40. The smallest absolute Gasteiger partial charge is 0.394 e. The Morgan fingerprint density at radius 1 is 1.52 bits per heavy atom. The van der Waals surface area contributed by atoms with Crippen LogP contribution in [-0.4, -0.2) is 34.4 Å². The number of alkyl halides is 3. The van der Waals surface area contributed by atoms with Crippen molar-refractivity contribution in [2.45, 2.75) is 24.8 Å². The van der Waals surface area contributed by atoms with Crippen LogP contribution in [0.3, 0.4) is 0 Å². The Balaban J connectivity index is 2.53. The van der Waals surface area contributed by atoms with Gasteiger partial charge in [0.25, 0.3) is 5.69 Å². The monoisotopic (exact) mass is 334 g/mol. The number of aliphatic hydroxyl groups is 1. The molecule has 1 fully saturated rings. The highest BCUT2D eigenvalue weighted by atomic mass is 19.4. The molecule has 0 radical (unpaired) electrons. The zero-order chi connectivity index (χ0) is 17.6. The number of anilines is 1. The van der Waals surface area contributed by atoms with Gasteiger partial charge < -0.3 is 16.2 Å². The molecule has 0 bridgehead atoms. The first-order valence-corrected chi connectivity index (χ1v) is 6.35. The SMILES string of the molecule is CC1(CO)NC(=O)N(c2ccc([N+](=O)[O-])c(C(F)(F)F)c2)C1N. The predicted octanol–water partition coefficient (Wildman–Crippen LogP) is 1.18. The van der Waals surface area contributed by atoms with Crippen molar-refractivity contribution in [3.8, 4) is 0 Å². The molecule has 0 spiro atoms. The lowest BCUT2D eigenvalue weighted by atomic mass is 10.0. The highest BCUT2D eigenvalue weighted by molar-refractivity contribution is 5.96. The molecule has 0 saturated carbocycles. The Morgan fingerprint density at radius 2 is 2.13 bits per heavy atom. The van der Waals surface area contributed by atoms with Gasteiger partial charge in [0.1, 0.15) is 11.7 Å². The number of rotatable bonds is 3. The minimum Gasteiger partial charge on any atom is -0.394 e. The molecule has 0 aliphatic carbocycles. The summed E-state index contributed by atoms with van der Waals surface area (Å²) in [5.74, 6) is 0. The third-order valence-electron chi connectivity index (χ3n) is 3.63. The summed E-state index contributed by atoms with van der Waals surface area (Å²) in [5.41, 5.74) is 1.69. The van der Waals surface area contributed by atoms with E-state index in [1.165, 1.54) is 6.92 Å². The maximum absolute atomic E-state index is 13.0. The number of carbonyl (C=O) groups excluding carboxylic acids is 1. The van der Waals surface area contributed by atoms with Gasteiger partial charge in [0.15, 0.2) is 0 Å². The van der Waals surface area contributed by atoms with Crippen molar-refractivity contribution in [2.75, 3.05) is 11.5 Å². The molecule has 126 valence electrons. The molecule has 1 heterocycles. The molecule has 4 N–H and O–H groups in total. The van der Waals surface area contributed by atoms with E-state index in [-0.39, 0.29) is 5.69 Å². The molecule has 1 saturated heterocycles. The van der Waals surface area contributed by atoms with Gasteiger partial charge in [-0.05, 0) is 19.1 Å². The molecule has 1 aliphatic heterocycles. The number of carbonyl (C=O) groups is 1. The number of hydrogen-bond acceptors (Lipinski definition) is 5. The Labute approximate surface area is 127 Å². The summed E-state index contributed by atoms with van der Waals surface area (Å²) in [5, 5.41) is 22.4. The third-order valence-corrected chi connectivity index (χ3v) is 3.63. The van der Waals surface area contributed by atoms with Gasteiger partial charge in [-0.2, -0.15) is 13.2 Å². The average Bonchev–Trinajstić information content (AvgIpc) is 2.68. The minimum atomic E-state index is -4.97. The molecule has 1 aliphatic rings. The highest BCUT2D eigenvalue weighted by Gasteiger charge is 2.48. The fraction of sp³-hybridized carbons (Fsp3) is 0.417. The van der Waals surface area contributed by atoms with E-state index in [2.05, 4.69) is 5.32 Å². The van der Waals surface area contributed by atoms with E-state index in [9.17, 15) is 33.2 Å². The van der Waals surface area contributed by atoms with Gasteiger partial charge in [0.2, 0.25) is 0 Å². The van der Waals surface area contributed by atoms with E-state index in [1.807, 2.05) is 0 Å². The van der Waals surface area contributed by atoms with Crippen molar-refractivity contribution < 1.29 is 28.0 Å². The van der Waals surface area contributed by atoms with E-state index in [0.717, 1.165) is 11.0 Å². The molecular formula is C12H13F3N4O4. The standard InChI is InChI=1S/C12H13F3N4O4/c1-11(5-20)9(16)18(10(21)17-11)6-2-3-8(19(22)23)7(4-6)12(13,14)15/h2-4,9,20H,5,16H2,1H3,(H,17,21). The number of nitro groups is 1. The molecule has 2 atom stereocenters. The van der Waals surface area contributed by atoms with Crippen LogP contribution >= 0.6 is 0 Å². The van der Waals surface area contributed by atoms with Crippen LogP contribution in [0.4, 0.5) is 29.3 Å². The van der Waals surface area contributed by atoms with Crippen LogP contribution in [0.2, 0.25) is 0 Å². The molecule has 1 aromatic carbocycles. The molecule has 2 unspecified atom stereocenters. The van der Waals surface area contributed by atoms with Gasteiger partial charge in [-0.1, -0.05) is 0 Å². The summed E-state index contributed by atoms with van der Waals surface area (Å²) >= 11 is 0. The Morgan fingerprint density at radius 3 is 2.57 bits per heavy atom. The number of nitrogens with zero attached hydrogens (tertiary/aromatic N) is 2. The summed E-state index contributed by atoms with van der Waals surface area (Å²) in [6.07, 6.45) is -6.12. The lowest BCUT2D eigenvalue weighted by Crippen LogP contribution is -2.55. The number of halogens is 3. The van der Waals surface area contributed by atoms with Crippen LogP contribution in [-0.2, 0) is 6.18 Å². The van der Waals surface area contributed by atoms with Crippen LogP contribution in [0.1, 0.15) is 12.5 Å². The summed E-state index contributed by atoms with van der Waals surface area (Å²) < 4.78 is 39.0. The largest absolute Gasteiger partial charge is 0.423 e. The van der Waals surface area contributed by atoms with Gasteiger partial charge in [0, 0.05) is 11.8 Å². The third kappa shape index (κ3) is 2.80. The number of nitro benzene ring substituents is 1. The van der Waals surface area contributed by atoms with Gasteiger partial charge in [-0.3, -0.25) is 15.0 Å². The van der Waals surface area contributed by atoms with E-state index in [0.29, 0.717) is 12.1 Å². The fourth-order valence-corrected chi connectivity index (χ4v) is 2.26. The van der Waals surface area contributed by atoms with Gasteiger partial charge >= 0.3 is 12.2 Å². The normalized spacial score (nSPS) is 24.7. The number of aliphatic hydroxyl groups excluding tert-OH is 1. The minimum absolute atomic E-state index is 0.259. The van der Waals surface area contributed by atoms with Gasteiger partial charge in [0.05, 0.1) is 17.1 Å². The van der Waals surface area contributed by atoms with Crippen molar-refractivity contribution in [3.63, 3.8) is 0 Å². The highest BCUT2D eigenvalue weighted by Crippen LogP contribution is 2.39. The van der Waals surface area contributed by atoms with E-state index in [4.69, 9.17) is 5.73 Å². The van der Waals surface area contributed by atoms with Crippen molar-refractivity contribution >= 4 is 17.4 Å². The van der Waals surface area contributed by atoms with Crippen LogP contribution in [0, 0.1) is 10.1 Å². The summed E-state index contributed by atoms with van der Waals surface area (Å²) in [6.45, 7) is 0.890. The second-order valence-electron chi connectivity index (χ2n) is 5.28. The molecular weight excluding hydrogens is 321 g/mol. The van der Waals surface area contributed by atoms with Crippen LogP contribution in [0.5, 0.6) is 0 Å². The second-order valence-corrected chi connectivity index (χ2v) is 5.28. The average molecular weight is 334 g/mol. The van der Waals surface area contributed by atoms with Crippen molar-refractivity contribution in [2.24, 2.45) is 5.73 Å². The Bertz CT molecular complexity index is 666. The fourth-order valence-electron chi connectivity index (χ4n) is 2.26. The van der Waals surface area contributed by atoms with E-state index in [1.54, 1.807) is 0 Å². The molecule has 8 nitrogen and oxygen atoms in total. The van der Waals surface area contributed by atoms with Crippen LogP contribution < -0.4 is 16.0 Å². The topological polar surface area (TPSA) is 122 Å². The quantitative estimate of drug-likeness (QED) is 0.566. The number of nitrogens with one attached hydrogen (secondary N) is 1. The number of urea groups is 1. The first-order chi connectivity index (χ1) is 10.5. The maximum Gasteiger partial charge on any atom is 0.423 e. The number of amides is 2. The second kappa shape index (κ2) is 5.35. The summed E-state index contributed by atoms with van der Waals surface area (Å²) in [7, 11) is 0. The molecule has 23 heavy (non-hydrogen) atoms. The van der Waals surface area contributed by atoms with Gasteiger partial charge in [-0.25, -0.2) is 4.79 Å². The van der Waals surface area contributed by atoms with Crippen molar-refractivity contribution in [3.05, 3.63) is 33.9 Å². The Kier molecular flexibility index (Phi) is 3.95. The predicted molar refractivity (Wildman–Crippen MR) is 72.6 cm³/mol. The zero-order valence-electron chi connectivity index (χ0n) is 11.8. The summed E-state index contributed by atoms with van der Waals surface area (Å²) in [6, 6.07) is 1.33. The molecule has 11 heteroatoms. The van der Waals surface area contributed by atoms with Crippen molar-refractivity contribution in [1.29, 1.82) is 0 Å². The number of hydrogen-bond donors (Lipinski definition) is 3. The lowest BCUT2D eigenvalue weighted by Gasteiger charge is -2.29. The maximum atomic E-state index is 13.0. The van der Waals surface area contributed by atoms with Crippen LogP contribution in [0.15, 0.2) is 18.2 Å². The zero-order valence-corrected chi connectivity index (χ0v) is 11.8. The van der Waals surface area contributed by atoms with Gasteiger partial charge in [-0.15, -0.1) is 0 Å². The van der Waals surface area contributed by atoms with E-state index >= 15 is 0 Å².